The Bertz CT molecular complexity index is 401. The number of benzene rings is 1. The van der Waals surface area contributed by atoms with E-state index in [0.717, 1.165) is 31.2 Å². The van der Waals surface area contributed by atoms with Gasteiger partial charge in [-0.3, -0.25) is 0 Å². The van der Waals surface area contributed by atoms with Crippen LogP contribution in [-0.4, -0.2) is 11.2 Å². The van der Waals surface area contributed by atoms with Gasteiger partial charge < -0.3 is 10.8 Å². The van der Waals surface area contributed by atoms with Gasteiger partial charge in [-0.05, 0) is 31.7 Å². The van der Waals surface area contributed by atoms with E-state index in [1.165, 1.54) is 12.5 Å². The molecule has 2 atom stereocenters. The van der Waals surface area contributed by atoms with Crippen molar-refractivity contribution >= 4 is 0 Å². The lowest BCUT2D eigenvalue weighted by Crippen LogP contribution is -2.34. The van der Waals surface area contributed by atoms with Crippen LogP contribution in [0.25, 0.3) is 0 Å². The number of nitrogens with two attached hydrogens (primary N) is 1. The van der Waals surface area contributed by atoms with E-state index in [0.29, 0.717) is 5.56 Å². The molecule has 0 unspecified atom stereocenters. The molecule has 0 aromatic heterocycles. The molecule has 3 heteroatoms. The molecular weight excluding hydrogens is 229 g/mol. The summed E-state index contributed by atoms with van der Waals surface area (Å²) in [5.41, 5.74) is 7.46. The first-order valence-electron chi connectivity index (χ1n) is 6.79. The van der Waals surface area contributed by atoms with Gasteiger partial charge in [0.25, 0.3) is 0 Å². The SMILES string of the molecule is Cc1ccc(F)c([C@H](N)[C@H](O)C2CCCCC2)c1. The highest BCUT2D eigenvalue weighted by molar-refractivity contribution is 5.27. The van der Waals surface area contributed by atoms with Crippen molar-refractivity contribution in [2.45, 2.75) is 51.2 Å². The summed E-state index contributed by atoms with van der Waals surface area (Å²) in [6.45, 7) is 1.91. The summed E-state index contributed by atoms with van der Waals surface area (Å²) in [4.78, 5) is 0. The molecule has 1 fully saturated rings. The van der Waals surface area contributed by atoms with Gasteiger partial charge in [0, 0.05) is 5.56 Å². The Morgan fingerprint density at radius 3 is 2.61 bits per heavy atom. The Morgan fingerprint density at radius 1 is 1.28 bits per heavy atom. The molecule has 18 heavy (non-hydrogen) atoms. The summed E-state index contributed by atoms with van der Waals surface area (Å²) in [6.07, 6.45) is 4.89. The predicted octanol–water partition coefficient (Wildman–Crippen LogP) is 3.08. The number of aryl methyl sites for hydroxylation is 1. The predicted molar refractivity (Wildman–Crippen MR) is 70.6 cm³/mol. The number of hydrogen-bond acceptors (Lipinski definition) is 2. The molecule has 0 radical (unpaired) electrons. The first-order valence-corrected chi connectivity index (χ1v) is 6.79. The molecule has 3 N–H and O–H groups in total. The number of aliphatic hydroxyl groups excluding tert-OH is 1. The third-order valence-electron chi connectivity index (χ3n) is 4.01. The Hall–Kier alpha value is -0.930. The molecule has 0 heterocycles. The average molecular weight is 251 g/mol. The van der Waals surface area contributed by atoms with Crippen LogP contribution < -0.4 is 5.73 Å². The summed E-state index contributed by atoms with van der Waals surface area (Å²) in [6, 6.07) is 4.27. The van der Waals surface area contributed by atoms with Crippen molar-refractivity contribution in [3.8, 4) is 0 Å². The van der Waals surface area contributed by atoms with Crippen LogP contribution in [0.2, 0.25) is 0 Å². The highest BCUT2D eigenvalue weighted by Gasteiger charge is 2.28. The summed E-state index contributed by atoms with van der Waals surface area (Å²) in [7, 11) is 0. The van der Waals surface area contributed by atoms with Crippen LogP contribution in [0, 0.1) is 18.7 Å². The van der Waals surface area contributed by atoms with Crippen molar-refractivity contribution in [3.63, 3.8) is 0 Å². The fraction of sp³-hybridized carbons (Fsp3) is 0.600. The minimum absolute atomic E-state index is 0.216. The van der Waals surface area contributed by atoms with Gasteiger partial charge in [0.2, 0.25) is 0 Å². The van der Waals surface area contributed by atoms with Crippen molar-refractivity contribution in [1.29, 1.82) is 0 Å². The average Bonchev–Trinajstić information content (AvgIpc) is 2.41. The fourth-order valence-corrected chi connectivity index (χ4v) is 2.87. The standard InChI is InChI=1S/C15H22FNO/c1-10-7-8-13(16)12(9-10)14(17)15(18)11-5-3-2-4-6-11/h7-9,11,14-15,18H,2-6,17H2,1H3/t14-,15+/m0/s1. The molecule has 0 bridgehead atoms. The first kappa shape index (κ1) is 13.5. The van der Waals surface area contributed by atoms with Crippen LogP contribution in [0.1, 0.15) is 49.3 Å². The van der Waals surface area contributed by atoms with Crippen LogP contribution in [0.5, 0.6) is 0 Å². The Morgan fingerprint density at radius 2 is 1.94 bits per heavy atom. The number of aliphatic hydroxyl groups is 1. The van der Waals surface area contributed by atoms with E-state index in [1.807, 2.05) is 6.92 Å². The van der Waals surface area contributed by atoms with E-state index in [-0.39, 0.29) is 11.7 Å². The van der Waals surface area contributed by atoms with E-state index in [2.05, 4.69) is 0 Å². The van der Waals surface area contributed by atoms with E-state index in [9.17, 15) is 9.50 Å². The molecule has 100 valence electrons. The molecular formula is C15H22FNO. The van der Waals surface area contributed by atoms with Crippen molar-refractivity contribution in [1.82, 2.24) is 0 Å². The van der Waals surface area contributed by atoms with Crippen LogP contribution in [0.15, 0.2) is 18.2 Å². The molecule has 0 spiro atoms. The second-order valence-corrected chi connectivity index (χ2v) is 5.44. The van der Waals surface area contributed by atoms with Gasteiger partial charge in [-0.25, -0.2) is 4.39 Å². The zero-order valence-corrected chi connectivity index (χ0v) is 10.9. The van der Waals surface area contributed by atoms with Gasteiger partial charge in [0.1, 0.15) is 5.82 Å². The summed E-state index contributed by atoms with van der Waals surface area (Å²) in [5.74, 6) is -0.100. The second kappa shape index (κ2) is 5.81. The Balaban J connectivity index is 2.13. The minimum Gasteiger partial charge on any atom is -0.391 e. The van der Waals surface area contributed by atoms with Crippen LogP contribution in [-0.2, 0) is 0 Å². The van der Waals surface area contributed by atoms with Crippen LogP contribution in [0.4, 0.5) is 4.39 Å². The Kier molecular flexibility index (Phi) is 4.36. The lowest BCUT2D eigenvalue weighted by atomic mass is 9.81. The molecule has 2 nitrogen and oxygen atoms in total. The fourth-order valence-electron chi connectivity index (χ4n) is 2.87. The maximum absolute atomic E-state index is 13.8. The molecule has 1 aromatic rings. The van der Waals surface area contributed by atoms with Crippen LogP contribution in [0.3, 0.4) is 0 Å². The zero-order chi connectivity index (χ0) is 13.1. The maximum Gasteiger partial charge on any atom is 0.128 e. The third kappa shape index (κ3) is 2.90. The molecule has 1 aromatic carbocycles. The third-order valence-corrected chi connectivity index (χ3v) is 4.01. The largest absolute Gasteiger partial charge is 0.391 e. The van der Waals surface area contributed by atoms with Gasteiger partial charge >= 0.3 is 0 Å². The molecule has 0 saturated heterocycles. The van der Waals surface area contributed by atoms with Gasteiger partial charge in [-0.2, -0.15) is 0 Å². The van der Waals surface area contributed by atoms with E-state index >= 15 is 0 Å². The highest BCUT2D eigenvalue weighted by Crippen LogP contribution is 2.32. The number of halogens is 1. The van der Waals surface area contributed by atoms with Crippen molar-refractivity contribution in [2.24, 2.45) is 11.7 Å². The smallest absolute Gasteiger partial charge is 0.128 e. The van der Waals surface area contributed by atoms with Gasteiger partial charge in [0.15, 0.2) is 0 Å². The molecule has 2 rings (SSSR count). The maximum atomic E-state index is 13.8. The van der Waals surface area contributed by atoms with E-state index in [1.54, 1.807) is 12.1 Å². The summed E-state index contributed by atoms with van der Waals surface area (Å²) in [5, 5.41) is 10.3. The Labute approximate surface area is 108 Å². The van der Waals surface area contributed by atoms with E-state index < -0.39 is 12.1 Å². The molecule has 1 saturated carbocycles. The minimum atomic E-state index is -0.637. The lowest BCUT2D eigenvalue weighted by Gasteiger charge is -2.30. The molecule has 0 aliphatic heterocycles. The van der Waals surface area contributed by atoms with Crippen LogP contribution >= 0.6 is 0 Å². The topological polar surface area (TPSA) is 46.2 Å². The monoisotopic (exact) mass is 251 g/mol. The van der Waals surface area contributed by atoms with Crippen molar-refractivity contribution in [2.75, 3.05) is 0 Å². The van der Waals surface area contributed by atoms with Crippen molar-refractivity contribution in [3.05, 3.63) is 35.1 Å². The lowest BCUT2D eigenvalue weighted by molar-refractivity contribution is 0.0608. The molecule has 0 amide bonds. The van der Waals surface area contributed by atoms with Crippen molar-refractivity contribution < 1.29 is 9.50 Å². The number of hydrogen-bond donors (Lipinski definition) is 2. The number of rotatable bonds is 3. The van der Waals surface area contributed by atoms with Gasteiger partial charge in [-0.15, -0.1) is 0 Å². The zero-order valence-electron chi connectivity index (χ0n) is 10.9. The summed E-state index contributed by atoms with van der Waals surface area (Å²) < 4.78 is 13.8. The summed E-state index contributed by atoms with van der Waals surface area (Å²) >= 11 is 0. The van der Waals surface area contributed by atoms with Gasteiger partial charge in [0.05, 0.1) is 12.1 Å². The van der Waals surface area contributed by atoms with Gasteiger partial charge in [-0.1, -0.05) is 37.0 Å². The second-order valence-electron chi connectivity index (χ2n) is 5.44. The highest BCUT2D eigenvalue weighted by atomic mass is 19.1. The van der Waals surface area contributed by atoms with E-state index in [4.69, 9.17) is 5.73 Å². The quantitative estimate of drug-likeness (QED) is 0.867. The molecule has 1 aliphatic carbocycles. The first-order chi connectivity index (χ1) is 8.59. The normalized spacial score (nSPS) is 20.7. The molecule has 1 aliphatic rings.